The van der Waals surface area contributed by atoms with Crippen molar-refractivity contribution >= 4 is 5.91 Å². The molecule has 1 N–H and O–H groups in total. The number of amides is 1. The third-order valence-corrected chi connectivity index (χ3v) is 3.30. The summed E-state index contributed by atoms with van der Waals surface area (Å²) in [6.07, 6.45) is -0.847. The van der Waals surface area contributed by atoms with Gasteiger partial charge in [-0.2, -0.15) is 0 Å². The lowest BCUT2D eigenvalue weighted by Gasteiger charge is -2.15. The number of carbonyl (C=O) groups is 1. The average molecular weight is 250 g/mol. The molecule has 1 heterocycles. The standard InChI is InChI=1S/C14H19FN2O/c1-11(18)16-7-13-9-17(10-14(13)15)8-12-5-3-2-4-6-12/h2-6,13-14H,7-10H2,1H3,(H,16,18)/t13-,14+/m0/s1. The second-order valence-corrected chi connectivity index (χ2v) is 4.89. The van der Waals surface area contributed by atoms with Crippen molar-refractivity contribution < 1.29 is 9.18 Å². The number of rotatable bonds is 4. The molecule has 0 bridgehead atoms. The van der Waals surface area contributed by atoms with Crippen molar-refractivity contribution in [3.05, 3.63) is 35.9 Å². The molecule has 1 fully saturated rings. The van der Waals surface area contributed by atoms with Crippen molar-refractivity contribution in [2.45, 2.75) is 19.6 Å². The van der Waals surface area contributed by atoms with E-state index in [9.17, 15) is 9.18 Å². The molecule has 2 rings (SSSR count). The molecule has 0 aromatic heterocycles. The molecular weight excluding hydrogens is 231 g/mol. The van der Waals surface area contributed by atoms with Crippen LogP contribution in [0.15, 0.2) is 30.3 Å². The maximum atomic E-state index is 13.8. The zero-order chi connectivity index (χ0) is 13.0. The van der Waals surface area contributed by atoms with Gasteiger partial charge in [0.1, 0.15) is 6.17 Å². The highest BCUT2D eigenvalue weighted by molar-refractivity contribution is 5.72. The molecule has 1 aliphatic heterocycles. The van der Waals surface area contributed by atoms with E-state index in [1.54, 1.807) is 0 Å². The number of halogens is 1. The average Bonchev–Trinajstić information content (AvgIpc) is 2.68. The number of nitrogens with one attached hydrogen (secondary N) is 1. The number of carbonyl (C=O) groups excluding carboxylic acids is 1. The van der Waals surface area contributed by atoms with E-state index in [-0.39, 0.29) is 11.8 Å². The fourth-order valence-corrected chi connectivity index (χ4v) is 2.35. The molecule has 1 amide bonds. The van der Waals surface area contributed by atoms with Gasteiger partial charge in [-0.15, -0.1) is 0 Å². The fourth-order valence-electron chi connectivity index (χ4n) is 2.35. The summed E-state index contributed by atoms with van der Waals surface area (Å²) < 4.78 is 13.8. The monoisotopic (exact) mass is 250 g/mol. The van der Waals surface area contributed by atoms with Gasteiger partial charge in [0.2, 0.25) is 5.91 Å². The largest absolute Gasteiger partial charge is 0.356 e. The van der Waals surface area contributed by atoms with Crippen LogP contribution in [0.4, 0.5) is 4.39 Å². The third-order valence-electron chi connectivity index (χ3n) is 3.30. The van der Waals surface area contributed by atoms with Gasteiger partial charge in [-0.05, 0) is 5.56 Å². The van der Waals surface area contributed by atoms with Crippen LogP contribution in [0.3, 0.4) is 0 Å². The molecule has 18 heavy (non-hydrogen) atoms. The lowest BCUT2D eigenvalue weighted by Crippen LogP contribution is -2.31. The zero-order valence-electron chi connectivity index (χ0n) is 10.6. The molecule has 1 aromatic rings. The number of hydrogen-bond donors (Lipinski definition) is 1. The summed E-state index contributed by atoms with van der Waals surface area (Å²) >= 11 is 0. The van der Waals surface area contributed by atoms with Crippen LogP contribution in [0.2, 0.25) is 0 Å². The molecule has 0 saturated carbocycles. The van der Waals surface area contributed by atoms with Gasteiger partial charge >= 0.3 is 0 Å². The van der Waals surface area contributed by atoms with E-state index in [2.05, 4.69) is 10.2 Å². The van der Waals surface area contributed by atoms with Gasteiger partial charge in [0.15, 0.2) is 0 Å². The minimum absolute atomic E-state index is 0.0855. The van der Waals surface area contributed by atoms with Crippen molar-refractivity contribution in [2.24, 2.45) is 5.92 Å². The molecule has 98 valence electrons. The molecule has 1 saturated heterocycles. The van der Waals surface area contributed by atoms with E-state index in [4.69, 9.17) is 0 Å². The molecule has 2 atom stereocenters. The number of alkyl halides is 1. The first kappa shape index (κ1) is 13.0. The molecule has 1 aliphatic rings. The summed E-state index contributed by atoms with van der Waals surface area (Å²) in [6, 6.07) is 10.1. The van der Waals surface area contributed by atoms with Crippen LogP contribution in [0.5, 0.6) is 0 Å². The van der Waals surface area contributed by atoms with Crippen LogP contribution in [0.1, 0.15) is 12.5 Å². The number of nitrogens with zero attached hydrogens (tertiary/aromatic N) is 1. The second kappa shape index (κ2) is 5.96. The number of benzene rings is 1. The van der Waals surface area contributed by atoms with Gasteiger partial charge in [0, 0.05) is 39.0 Å². The van der Waals surface area contributed by atoms with Crippen molar-refractivity contribution in [3.8, 4) is 0 Å². The van der Waals surface area contributed by atoms with Crippen LogP contribution in [-0.4, -0.2) is 36.6 Å². The summed E-state index contributed by atoms with van der Waals surface area (Å²) in [5.41, 5.74) is 1.20. The SMILES string of the molecule is CC(=O)NC[C@H]1CN(Cc2ccccc2)C[C@H]1F. The topological polar surface area (TPSA) is 32.3 Å². The number of hydrogen-bond acceptors (Lipinski definition) is 2. The molecule has 1 aromatic carbocycles. The van der Waals surface area contributed by atoms with Gasteiger partial charge in [-0.3, -0.25) is 9.69 Å². The first-order chi connectivity index (χ1) is 8.65. The van der Waals surface area contributed by atoms with Crippen LogP contribution in [0.25, 0.3) is 0 Å². The fraction of sp³-hybridized carbons (Fsp3) is 0.500. The van der Waals surface area contributed by atoms with Crippen LogP contribution < -0.4 is 5.32 Å². The first-order valence-electron chi connectivity index (χ1n) is 6.30. The normalized spacial score (nSPS) is 24.1. The van der Waals surface area contributed by atoms with Gasteiger partial charge in [0.05, 0.1) is 0 Å². The van der Waals surface area contributed by atoms with Crippen molar-refractivity contribution in [1.29, 1.82) is 0 Å². The van der Waals surface area contributed by atoms with Crippen LogP contribution in [0, 0.1) is 5.92 Å². The Morgan fingerprint density at radius 2 is 2.11 bits per heavy atom. The Morgan fingerprint density at radius 1 is 1.39 bits per heavy atom. The van der Waals surface area contributed by atoms with Gasteiger partial charge in [-0.1, -0.05) is 30.3 Å². The predicted octanol–water partition coefficient (Wildman–Crippen LogP) is 1.59. The van der Waals surface area contributed by atoms with Gasteiger partial charge in [-0.25, -0.2) is 4.39 Å². The highest BCUT2D eigenvalue weighted by Crippen LogP contribution is 2.21. The van der Waals surface area contributed by atoms with Crippen molar-refractivity contribution in [2.75, 3.05) is 19.6 Å². The van der Waals surface area contributed by atoms with E-state index >= 15 is 0 Å². The van der Waals surface area contributed by atoms with E-state index in [1.807, 2.05) is 30.3 Å². The van der Waals surface area contributed by atoms with Crippen molar-refractivity contribution in [3.63, 3.8) is 0 Å². The summed E-state index contributed by atoms with van der Waals surface area (Å²) in [5.74, 6) is -0.179. The van der Waals surface area contributed by atoms with Crippen LogP contribution in [-0.2, 0) is 11.3 Å². The maximum absolute atomic E-state index is 13.8. The molecule has 0 radical (unpaired) electrons. The first-order valence-corrected chi connectivity index (χ1v) is 6.30. The van der Waals surface area contributed by atoms with Crippen molar-refractivity contribution in [1.82, 2.24) is 10.2 Å². The minimum atomic E-state index is -0.847. The van der Waals surface area contributed by atoms with E-state index in [0.29, 0.717) is 19.6 Å². The lowest BCUT2D eigenvalue weighted by atomic mass is 10.1. The smallest absolute Gasteiger partial charge is 0.216 e. The van der Waals surface area contributed by atoms with Gasteiger partial charge < -0.3 is 5.32 Å². The third kappa shape index (κ3) is 3.53. The summed E-state index contributed by atoms with van der Waals surface area (Å²) in [6.45, 7) is 3.83. The minimum Gasteiger partial charge on any atom is -0.356 e. The highest BCUT2D eigenvalue weighted by Gasteiger charge is 2.32. The molecule has 0 spiro atoms. The summed E-state index contributed by atoms with van der Waals surface area (Å²) in [5, 5.41) is 2.70. The zero-order valence-corrected chi connectivity index (χ0v) is 10.6. The summed E-state index contributed by atoms with van der Waals surface area (Å²) in [7, 11) is 0. The van der Waals surface area contributed by atoms with E-state index in [0.717, 1.165) is 6.54 Å². The van der Waals surface area contributed by atoms with Gasteiger partial charge in [0.25, 0.3) is 0 Å². The Hall–Kier alpha value is -1.42. The lowest BCUT2D eigenvalue weighted by molar-refractivity contribution is -0.119. The predicted molar refractivity (Wildman–Crippen MR) is 68.8 cm³/mol. The molecule has 3 nitrogen and oxygen atoms in total. The molecule has 4 heteroatoms. The van der Waals surface area contributed by atoms with E-state index < -0.39 is 6.17 Å². The maximum Gasteiger partial charge on any atom is 0.216 e. The Labute approximate surface area is 107 Å². The Bertz CT molecular complexity index is 396. The quantitative estimate of drug-likeness (QED) is 0.880. The number of likely N-dealkylation sites (tertiary alicyclic amines) is 1. The highest BCUT2D eigenvalue weighted by atomic mass is 19.1. The summed E-state index contributed by atoms with van der Waals surface area (Å²) in [4.78, 5) is 12.9. The van der Waals surface area contributed by atoms with Crippen LogP contribution >= 0.6 is 0 Å². The second-order valence-electron chi connectivity index (χ2n) is 4.89. The molecule has 0 aliphatic carbocycles. The Balaban J connectivity index is 1.84. The Morgan fingerprint density at radius 3 is 2.78 bits per heavy atom. The molecular formula is C14H19FN2O. The van der Waals surface area contributed by atoms with E-state index in [1.165, 1.54) is 12.5 Å². The molecule has 0 unspecified atom stereocenters. The Kier molecular flexibility index (Phi) is 4.31.